The summed E-state index contributed by atoms with van der Waals surface area (Å²) in [5, 5.41) is 5.55. The lowest BCUT2D eigenvalue weighted by Crippen LogP contribution is -2.30. The maximum atomic E-state index is 15.6. The van der Waals surface area contributed by atoms with Crippen LogP contribution in [0.15, 0.2) is 29.9 Å². The van der Waals surface area contributed by atoms with E-state index in [1.54, 1.807) is 6.20 Å². The third kappa shape index (κ3) is 4.09. The fourth-order valence-corrected chi connectivity index (χ4v) is 5.24. The van der Waals surface area contributed by atoms with Crippen LogP contribution in [0.2, 0.25) is 5.15 Å². The number of rotatable bonds is 5. The Balaban J connectivity index is 1.57. The molecular weight excluding hydrogens is 447 g/mol. The van der Waals surface area contributed by atoms with Gasteiger partial charge < -0.3 is 10.3 Å². The number of hydrogen-bond acceptors (Lipinski definition) is 6. The molecule has 0 saturated heterocycles. The minimum Gasteiger partial charge on any atom is -0.365 e. The van der Waals surface area contributed by atoms with E-state index in [9.17, 15) is 0 Å². The molecule has 6 nitrogen and oxygen atoms in total. The van der Waals surface area contributed by atoms with E-state index in [0.717, 1.165) is 23.6 Å². The lowest BCUT2D eigenvalue weighted by molar-refractivity contribution is 0.270. The first-order valence-corrected chi connectivity index (χ1v) is 12.1. The third-order valence-corrected chi connectivity index (χ3v) is 7.39. The van der Waals surface area contributed by atoms with Crippen LogP contribution >= 0.6 is 22.9 Å². The van der Waals surface area contributed by atoms with Gasteiger partial charge in [-0.3, -0.25) is 0 Å². The van der Waals surface area contributed by atoms with Crippen LogP contribution in [-0.4, -0.2) is 31.0 Å². The van der Waals surface area contributed by atoms with Crippen molar-refractivity contribution in [1.82, 2.24) is 24.9 Å². The summed E-state index contributed by atoms with van der Waals surface area (Å²) < 4.78 is 15.6. The lowest BCUT2D eigenvalue weighted by Gasteiger charge is -2.31. The Bertz CT molecular complexity index is 1230. The second-order valence-corrected chi connectivity index (χ2v) is 9.92. The highest BCUT2D eigenvalue weighted by Gasteiger charge is 2.26. The van der Waals surface area contributed by atoms with Crippen molar-refractivity contribution < 1.29 is 4.39 Å². The minimum atomic E-state index is -0.434. The fraction of sp³-hybridized carbons (Fsp3) is 0.391. The molecule has 1 saturated carbocycles. The summed E-state index contributed by atoms with van der Waals surface area (Å²) in [6, 6.07) is 3.85. The molecule has 1 unspecified atom stereocenters. The maximum absolute atomic E-state index is 15.6. The molecule has 0 radical (unpaired) electrons. The van der Waals surface area contributed by atoms with E-state index in [0.29, 0.717) is 28.5 Å². The number of aromatic amines is 1. The fourth-order valence-electron chi connectivity index (χ4n) is 4.40. The summed E-state index contributed by atoms with van der Waals surface area (Å²) in [6.07, 6.45) is 7.92. The Morgan fingerprint density at radius 1 is 1.22 bits per heavy atom. The van der Waals surface area contributed by atoms with E-state index in [1.807, 2.05) is 17.5 Å². The standard InChI is InChI=1S/C23H24ClFN6S/c1-12-5-7-14(8-6-12)13(2)28-22-18(25)20(16-4-3-9-32-16)30-21(31-22)15-10-26-23-19(15)29-17(24)11-27-23/h3-4,9-14H,5-8H2,1-2H3,(H,26,27)(H,28,30,31). The summed E-state index contributed by atoms with van der Waals surface area (Å²) >= 11 is 7.51. The number of anilines is 1. The van der Waals surface area contributed by atoms with Gasteiger partial charge in [-0.2, -0.15) is 0 Å². The Labute approximate surface area is 194 Å². The van der Waals surface area contributed by atoms with E-state index >= 15 is 4.39 Å². The number of H-pyrrole nitrogens is 1. The summed E-state index contributed by atoms with van der Waals surface area (Å²) in [5.74, 6) is 1.42. The topological polar surface area (TPSA) is 79.4 Å². The zero-order valence-corrected chi connectivity index (χ0v) is 19.5. The van der Waals surface area contributed by atoms with E-state index in [2.05, 4.69) is 44.1 Å². The molecule has 5 rings (SSSR count). The Hall–Kier alpha value is -2.58. The molecule has 4 heterocycles. The van der Waals surface area contributed by atoms with Crippen LogP contribution in [-0.2, 0) is 0 Å². The largest absolute Gasteiger partial charge is 0.365 e. The van der Waals surface area contributed by atoms with E-state index in [1.165, 1.54) is 30.4 Å². The van der Waals surface area contributed by atoms with Gasteiger partial charge >= 0.3 is 0 Å². The zero-order chi connectivity index (χ0) is 22.2. The molecule has 1 atom stereocenters. The van der Waals surface area contributed by atoms with Gasteiger partial charge in [0.05, 0.1) is 16.6 Å². The quantitative estimate of drug-likeness (QED) is 0.345. The highest BCUT2D eigenvalue weighted by molar-refractivity contribution is 7.13. The molecule has 2 N–H and O–H groups in total. The molecule has 0 amide bonds. The molecule has 0 aromatic carbocycles. The molecule has 4 aromatic heterocycles. The van der Waals surface area contributed by atoms with Crippen molar-refractivity contribution in [3.63, 3.8) is 0 Å². The normalized spacial score (nSPS) is 19.9. The molecule has 0 bridgehead atoms. The lowest BCUT2D eigenvalue weighted by atomic mass is 9.80. The van der Waals surface area contributed by atoms with Crippen molar-refractivity contribution in [2.24, 2.45) is 11.8 Å². The van der Waals surface area contributed by atoms with Crippen LogP contribution in [0.25, 0.3) is 33.1 Å². The highest BCUT2D eigenvalue weighted by Crippen LogP contribution is 2.35. The number of aromatic nitrogens is 5. The Morgan fingerprint density at radius 3 is 2.78 bits per heavy atom. The minimum absolute atomic E-state index is 0.105. The molecule has 1 fully saturated rings. The van der Waals surface area contributed by atoms with Gasteiger partial charge in [0.1, 0.15) is 16.4 Å². The number of nitrogens with one attached hydrogen (secondary N) is 2. The summed E-state index contributed by atoms with van der Waals surface area (Å²) in [6.45, 7) is 4.41. The Morgan fingerprint density at radius 2 is 2.03 bits per heavy atom. The summed E-state index contributed by atoms with van der Waals surface area (Å²) in [5.41, 5.74) is 2.05. The van der Waals surface area contributed by atoms with Gasteiger partial charge in [0.25, 0.3) is 0 Å². The van der Waals surface area contributed by atoms with Gasteiger partial charge in [-0.1, -0.05) is 37.4 Å². The van der Waals surface area contributed by atoms with E-state index < -0.39 is 5.82 Å². The molecule has 32 heavy (non-hydrogen) atoms. The molecule has 0 spiro atoms. The molecule has 4 aromatic rings. The van der Waals surface area contributed by atoms with Crippen molar-refractivity contribution in [3.8, 4) is 22.0 Å². The first-order valence-electron chi connectivity index (χ1n) is 10.9. The van der Waals surface area contributed by atoms with Gasteiger partial charge in [0.2, 0.25) is 0 Å². The first-order chi connectivity index (χ1) is 15.5. The average molecular weight is 471 g/mol. The number of fused-ring (bicyclic) bond motifs is 1. The van der Waals surface area contributed by atoms with Crippen molar-refractivity contribution in [3.05, 3.63) is 40.9 Å². The van der Waals surface area contributed by atoms with Crippen LogP contribution in [0.4, 0.5) is 10.2 Å². The van der Waals surface area contributed by atoms with Crippen molar-refractivity contribution in [2.75, 3.05) is 5.32 Å². The van der Waals surface area contributed by atoms with Crippen molar-refractivity contribution >= 4 is 39.9 Å². The van der Waals surface area contributed by atoms with Crippen molar-refractivity contribution in [2.45, 2.75) is 45.6 Å². The summed E-state index contributed by atoms with van der Waals surface area (Å²) in [4.78, 5) is 21.6. The van der Waals surface area contributed by atoms with E-state index in [4.69, 9.17) is 11.6 Å². The highest BCUT2D eigenvalue weighted by atomic mass is 35.5. The number of hydrogen-bond donors (Lipinski definition) is 2. The van der Waals surface area contributed by atoms with E-state index in [-0.39, 0.29) is 22.7 Å². The third-order valence-electron chi connectivity index (χ3n) is 6.33. The van der Waals surface area contributed by atoms with Gasteiger partial charge in [0, 0.05) is 12.2 Å². The number of thiophene rings is 1. The van der Waals surface area contributed by atoms with Gasteiger partial charge in [-0.05, 0) is 43.0 Å². The molecule has 9 heteroatoms. The van der Waals surface area contributed by atoms with Gasteiger partial charge in [0.15, 0.2) is 23.1 Å². The predicted octanol–water partition coefficient (Wildman–Crippen LogP) is 6.56. The maximum Gasteiger partial charge on any atom is 0.192 e. The average Bonchev–Trinajstić information content (AvgIpc) is 3.45. The van der Waals surface area contributed by atoms with Crippen LogP contribution in [0.5, 0.6) is 0 Å². The first kappa shape index (κ1) is 21.3. The van der Waals surface area contributed by atoms with Crippen LogP contribution < -0.4 is 5.32 Å². The van der Waals surface area contributed by atoms with Crippen molar-refractivity contribution in [1.29, 1.82) is 0 Å². The number of halogens is 2. The molecule has 1 aliphatic carbocycles. The SMILES string of the molecule is CC1CCC(C(C)Nc2nc(-c3c[nH]c4ncc(Cl)nc34)nc(-c3cccs3)c2F)CC1. The summed E-state index contributed by atoms with van der Waals surface area (Å²) in [7, 11) is 0. The van der Waals surface area contributed by atoms with Gasteiger partial charge in [-0.25, -0.2) is 24.3 Å². The second kappa shape index (κ2) is 8.75. The molecule has 1 aliphatic rings. The van der Waals surface area contributed by atoms with Gasteiger partial charge in [-0.15, -0.1) is 11.3 Å². The second-order valence-electron chi connectivity index (χ2n) is 8.58. The molecule has 0 aliphatic heterocycles. The predicted molar refractivity (Wildman–Crippen MR) is 127 cm³/mol. The molecule has 166 valence electrons. The Kier molecular flexibility index (Phi) is 5.82. The number of nitrogens with zero attached hydrogens (tertiary/aromatic N) is 4. The molecular formula is C23H24ClFN6S. The smallest absolute Gasteiger partial charge is 0.192 e. The van der Waals surface area contributed by atoms with Crippen LogP contribution in [0.1, 0.15) is 39.5 Å². The van der Waals surface area contributed by atoms with Crippen LogP contribution in [0, 0.1) is 17.7 Å². The monoisotopic (exact) mass is 470 g/mol. The zero-order valence-electron chi connectivity index (χ0n) is 17.9. The van der Waals surface area contributed by atoms with Crippen LogP contribution in [0.3, 0.4) is 0 Å².